The molecule has 1 rings (SSSR count). The molecule has 0 unspecified atom stereocenters. The van der Waals surface area contributed by atoms with Crippen LogP contribution < -0.4 is 0 Å². The molecule has 0 aromatic carbocycles. The lowest BCUT2D eigenvalue weighted by atomic mass is 9.71. The highest BCUT2D eigenvalue weighted by molar-refractivity contribution is 5.43. The molecule has 0 spiro atoms. The molecule has 1 heterocycles. The summed E-state index contributed by atoms with van der Waals surface area (Å²) in [6, 6.07) is 2.10. The molecule has 0 N–H and O–H groups in total. The van der Waals surface area contributed by atoms with E-state index in [2.05, 4.69) is 24.1 Å². The normalized spacial score (nSPS) is 20.8. The summed E-state index contributed by atoms with van der Waals surface area (Å²) in [5, 5.41) is 9.46. The van der Waals surface area contributed by atoms with Gasteiger partial charge in [-0.3, -0.25) is 0 Å². The molecule has 0 atom stereocenters. The van der Waals surface area contributed by atoms with Gasteiger partial charge >= 0.3 is 6.18 Å². The number of piperidine rings is 1. The summed E-state index contributed by atoms with van der Waals surface area (Å²) in [7, 11) is 0. The Bertz CT molecular complexity index is 447. The maximum Gasteiger partial charge on any atom is 0.416 e. The minimum Gasteiger partial charge on any atom is -0.303 e. The lowest BCUT2D eigenvalue weighted by molar-refractivity contribution is -0.0896. The fraction of sp³-hybridized carbons (Fsp3) is 0.533. The lowest BCUT2D eigenvalue weighted by Crippen LogP contribution is -2.40. The van der Waals surface area contributed by atoms with Gasteiger partial charge in [-0.1, -0.05) is 32.2 Å². The number of nitrogens with zero attached hydrogens (tertiary/aromatic N) is 2. The second kappa shape index (κ2) is 6.27. The number of nitriles is 1. The van der Waals surface area contributed by atoms with Crippen molar-refractivity contribution < 1.29 is 13.2 Å². The zero-order valence-electron chi connectivity index (χ0n) is 11.6. The Labute approximate surface area is 117 Å². The Hall–Kier alpha value is -1.54. The average molecular weight is 284 g/mol. The third-order valence-electron chi connectivity index (χ3n) is 3.89. The number of allylic oxidation sites excluding steroid dienone is 4. The average Bonchev–Trinajstić information content (AvgIpc) is 2.43. The Balaban J connectivity index is 3.28. The highest BCUT2D eigenvalue weighted by Gasteiger charge is 2.43. The van der Waals surface area contributed by atoms with Crippen molar-refractivity contribution in [3.63, 3.8) is 0 Å². The van der Waals surface area contributed by atoms with E-state index < -0.39 is 17.2 Å². The van der Waals surface area contributed by atoms with Gasteiger partial charge in [-0.15, -0.1) is 0 Å². The van der Waals surface area contributed by atoms with Crippen LogP contribution in [0.1, 0.15) is 19.8 Å². The van der Waals surface area contributed by atoms with Crippen LogP contribution in [0.3, 0.4) is 0 Å². The molecule has 20 heavy (non-hydrogen) atoms. The molecule has 5 heteroatoms. The number of hydrogen-bond acceptors (Lipinski definition) is 2. The number of rotatable bonds is 4. The third kappa shape index (κ3) is 3.13. The van der Waals surface area contributed by atoms with Crippen LogP contribution in [-0.2, 0) is 0 Å². The van der Waals surface area contributed by atoms with E-state index in [4.69, 9.17) is 0 Å². The van der Waals surface area contributed by atoms with Crippen molar-refractivity contribution >= 4 is 0 Å². The number of alkyl halides is 3. The van der Waals surface area contributed by atoms with E-state index in [1.165, 1.54) is 0 Å². The lowest BCUT2D eigenvalue weighted by Gasteiger charge is -2.38. The van der Waals surface area contributed by atoms with Crippen LogP contribution in [0, 0.1) is 16.7 Å². The molecule has 0 bridgehead atoms. The molecule has 0 aliphatic carbocycles. The van der Waals surface area contributed by atoms with Crippen molar-refractivity contribution in [2.75, 3.05) is 19.6 Å². The van der Waals surface area contributed by atoms with Crippen molar-refractivity contribution in [2.45, 2.75) is 25.9 Å². The first-order chi connectivity index (χ1) is 9.34. The van der Waals surface area contributed by atoms with Gasteiger partial charge < -0.3 is 4.90 Å². The van der Waals surface area contributed by atoms with Crippen LogP contribution >= 0.6 is 0 Å². The van der Waals surface area contributed by atoms with Crippen LogP contribution in [-0.4, -0.2) is 30.7 Å². The van der Waals surface area contributed by atoms with Gasteiger partial charge in [0.2, 0.25) is 0 Å². The van der Waals surface area contributed by atoms with E-state index in [-0.39, 0.29) is 5.57 Å². The van der Waals surface area contributed by atoms with E-state index in [0.29, 0.717) is 25.9 Å². The van der Waals surface area contributed by atoms with Gasteiger partial charge in [0, 0.05) is 0 Å². The van der Waals surface area contributed by atoms with Gasteiger partial charge in [0.05, 0.1) is 17.1 Å². The first-order valence-corrected chi connectivity index (χ1v) is 6.55. The van der Waals surface area contributed by atoms with Crippen molar-refractivity contribution in [1.82, 2.24) is 4.90 Å². The van der Waals surface area contributed by atoms with Crippen LogP contribution in [0.5, 0.6) is 0 Å². The molecule has 0 amide bonds. The fourth-order valence-electron chi connectivity index (χ4n) is 2.63. The summed E-state index contributed by atoms with van der Waals surface area (Å²) in [4.78, 5) is 2.12. The summed E-state index contributed by atoms with van der Waals surface area (Å²) in [6.45, 7) is 10.8. The molecule has 110 valence electrons. The fourth-order valence-corrected chi connectivity index (χ4v) is 2.63. The number of likely N-dealkylation sites (tertiary alicyclic amines) is 1. The molecule has 1 fully saturated rings. The second-order valence-corrected chi connectivity index (χ2v) is 4.86. The molecule has 0 saturated carbocycles. The van der Waals surface area contributed by atoms with Gasteiger partial charge in [0.1, 0.15) is 0 Å². The van der Waals surface area contributed by atoms with E-state index in [1.54, 1.807) is 0 Å². The SMILES string of the molecule is C=C/C(=C(\C=C)C1(C#N)CCN(CC)CC1)C(F)(F)F. The summed E-state index contributed by atoms with van der Waals surface area (Å²) >= 11 is 0. The zero-order valence-corrected chi connectivity index (χ0v) is 11.6. The second-order valence-electron chi connectivity index (χ2n) is 4.86. The Morgan fingerprint density at radius 1 is 1.30 bits per heavy atom. The van der Waals surface area contributed by atoms with Crippen LogP contribution in [0.2, 0.25) is 0 Å². The maximum absolute atomic E-state index is 13.1. The Kier molecular flexibility index (Phi) is 5.18. The topological polar surface area (TPSA) is 27.0 Å². The summed E-state index contributed by atoms with van der Waals surface area (Å²) in [6.07, 6.45) is -1.81. The van der Waals surface area contributed by atoms with Crippen molar-refractivity contribution in [2.24, 2.45) is 5.41 Å². The summed E-state index contributed by atoms with van der Waals surface area (Å²) in [5.41, 5.74) is -2.01. The molecule has 0 aromatic heterocycles. The predicted molar refractivity (Wildman–Crippen MR) is 72.9 cm³/mol. The van der Waals surface area contributed by atoms with E-state index in [1.807, 2.05) is 6.92 Å². The molecule has 1 saturated heterocycles. The highest BCUT2D eigenvalue weighted by Crippen LogP contribution is 2.44. The van der Waals surface area contributed by atoms with Gasteiger partial charge in [-0.2, -0.15) is 18.4 Å². The van der Waals surface area contributed by atoms with E-state index in [9.17, 15) is 18.4 Å². The molecule has 2 nitrogen and oxygen atoms in total. The van der Waals surface area contributed by atoms with Crippen LogP contribution in [0.4, 0.5) is 13.2 Å². The minimum absolute atomic E-state index is 0.0433. The monoisotopic (exact) mass is 284 g/mol. The van der Waals surface area contributed by atoms with Crippen molar-refractivity contribution in [3.8, 4) is 6.07 Å². The minimum atomic E-state index is -4.52. The molecule has 0 aromatic rings. The van der Waals surface area contributed by atoms with Gasteiger partial charge in [0.15, 0.2) is 0 Å². The Morgan fingerprint density at radius 3 is 2.15 bits per heavy atom. The van der Waals surface area contributed by atoms with Gasteiger partial charge in [-0.25, -0.2) is 0 Å². The first-order valence-electron chi connectivity index (χ1n) is 6.55. The predicted octanol–water partition coefficient (Wildman–Crippen LogP) is 3.84. The van der Waals surface area contributed by atoms with E-state index >= 15 is 0 Å². The summed E-state index contributed by atoms with van der Waals surface area (Å²) < 4.78 is 39.2. The third-order valence-corrected chi connectivity index (χ3v) is 3.89. The molecular formula is C15H19F3N2. The highest BCUT2D eigenvalue weighted by atomic mass is 19.4. The Morgan fingerprint density at radius 2 is 1.85 bits per heavy atom. The first kappa shape index (κ1) is 16.5. The quantitative estimate of drug-likeness (QED) is 0.733. The van der Waals surface area contributed by atoms with Crippen LogP contribution in [0.25, 0.3) is 0 Å². The van der Waals surface area contributed by atoms with Crippen molar-refractivity contribution in [1.29, 1.82) is 5.26 Å². The largest absolute Gasteiger partial charge is 0.416 e. The zero-order chi connectivity index (χ0) is 15.4. The molecule has 1 aliphatic heterocycles. The molecule has 1 aliphatic rings. The van der Waals surface area contributed by atoms with Gasteiger partial charge in [-0.05, 0) is 38.0 Å². The van der Waals surface area contributed by atoms with Gasteiger partial charge in [0.25, 0.3) is 0 Å². The summed E-state index contributed by atoms with van der Waals surface area (Å²) in [5.74, 6) is 0. The van der Waals surface area contributed by atoms with E-state index in [0.717, 1.165) is 18.7 Å². The van der Waals surface area contributed by atoms with Crippen LogP contribution in [0.15, 0.2) is 36.5 Å². The number of hydrogen-bond donors (Lipinski definition) is 0. The standard InChI is InChI=1S/C15H19F3N2/c1-4-12(13(5-2)15(16,17)18)14(11-19)7-9-20(6-3)10-8-14/h4-5H,1-2,6-10H2,3H3/b13-12-. The molecule has 0 radical (unpaired) electrons. The van der Waals surface area contributed by atoms with Crippen molar-refractivity contribution in [3.05, 3.63) is 36.5 Å². The molecular weight excluding hydrogens is 265 g/mol. The maximum atomic E-state index is 13.1. The smallest absolute Gasteiger partial charge is 0.303 e. The number of halogens is 3.